The lowest BCUT2D eigenvalue weighted by Gasteiger charge is -2.31. The van der Waals surface area contributed by atoms with E-state index in [2.05, 4.69) is 5.32 Å². The molecule has 1 fully saturated rings. The highest BCUT2D eigenvalue weighted by Gasteiger charge is 2.28. The van der Waals surface area contributed by atoms with Gasteiger partial charge in [0.2, 0.25) is 5.91 Å². The third-order valence-corrected chi connectivity index (χ3v) is 5.10. The molecule has 0 aliphatic carbocycles. The first-order valence-corrected chi connectivity index (χ1v) is 9.50. The summed E-state index contributed by atoms with van der Waals surface area (Å²) >= 11 is 11.8. The van der Waals surface area contributed by atoms with Gasteiger partial charge in [-0.2, -0.15) is 0 Å². The van der Waals surface area contributed by atoms with E-state index in [1.54, 1.807) is 30.0 Å². The molecule has 26 heavy (non-hydrogen) atoms. The maximum Gasteiger partial charge on any atom is 0.409 e. The summed E-state index contributed by atoms with van der Waals surface area (Å²) in [6, 6.07) is 4.96. The Morgan fingerprint density at radius 1 is 1.38 bits per heavy atom. The summed E-state index contributed by atoms with van der Waals surface area (Å²) < 4.78 is 4.99. The highest BCUT2D eigenvalue weighted by atomic mass is 35.5. The molecule has 1 aromatic carbocycles. The summed E-state index contributed by atoms with van der Waals surface area (Å²) in [5.74, 6) is -0.365. The van der Waals surface area contributed by atoms with E-state index in [4.69, 9.17) is 27.9 Å². The number of rotatable bonds is 6. The molecule has 1 aromatic rings. The number of aliphatic hydroxyl groups excluding tert-OH is 1. The first-order valence-electron chi connectivity index (χ1n) is 8.74. The molecule has 6 nitrogen and oxygen atoms in total. The second-order valence-corrected chi connectivity index (χ2v) is 7.07. The summed E-state index contributed by atoms with van der Waals surface area (Å²) in [4.78, 5) is 25.7. The average molecular weight is 403 g/mol. The smallest absolute Gasteiger partial charge is 0.409 e. The maximum absolute atomic E-state index is 12.3. The van der Waals surface area contributed by atoms with Crippen LogP contribution in [0.25, 0.3) is 0 Å². The van der Waals surface area contributed by atoms with Crippen molar-refractivity contribution in [1.29, 1.82) is 0 Å². The van der Waals surface area contributed by atoms with Crippen LogP contribution in [-0.2, 0) is 9.53 Å². The van der Waals surface area contributed by atoms with E-state index < -0.39 is 6.10 Å². The lowest BCUT2D eigenvalue weighted by Crippen LogP contribution is -2.45. The number of amides is 2. The molecule has 2 rings (SSSR count). The topological polar surface area (TPSA) is 78.9 Å². The number of aliphatic hydroxyl groups is 1. The molecular weight excluding hydrogens is 379 g/mol. The van der Waals surface area contributed by atoms with Gasteiger partial charge in [-0.25, -0.2) is 4.79 Å². The SMILES string of the molecule is CCOC(=O)N1CCCC(C(=O)NCCC(O)c2ccc(Cl)c(Cl)c2)C1. The van der Waals surface area contributed by atoms with Crippen LogP contribution in [0.5, 0.6) is 0 Å². The van der Waals surface area contributed by atoms with Gasteiger partial charge in [0.25, 0.3) is 0 Å². The zero-order valence-electron chi connectivity index (χ0n) is 14.7. The molecule has 2 N–H and O–H groups in total. The summed E-state index contributed by atoms with van der Waals surface area (Å²) in [6.45, 7) is 3.37. The molecule has 144 valence electrons. The molecule has 2 amide bonds. The number of carbonyl (C=O) groups excluding carboxylic acids is 2. The van der Waals surface area contributed by atoms with Crippen molar-refractivity contribution in [2.45, 2.75) is 32.3 Å². The van der Waals surface area contributed by atoms with E-state index >= 15 is 0 Å². The van der Waals surface area contributed by atoms with Crippen LogP contribution in [0.2, 0.25) is 10.0 Å². The van der Waals surface area contributed by atoms with Gasteiger partial charge in [0.15, 0.2) is 0 Å². The summed E-state index contributed by atoms with van der Waals surface area (Å²) in [5, 5.41) is 13.9. The second-order valence-electron chi connectivity index (χ2n) is 6.25. The minimum absolute atomic E-state index is 0.111. The van der Waals surface area contributed by atoms with Crippen molar-refractivity contribution in [2.75, 3.05) is 26.2 Å². The fraction of sp³-hybridized carbons (Fsp3) is 0.556. The van der Waals surface area contributed by atoms with Crippen LogP contribution in [0.15, 0.2) is 18.2 Å². The molecule has 0 saturated carbocycles. The molecule has 8 heteroatoms. The van der Waals surface area contributed by atoms with Crippen molar-refractivity contribution in [2.24, 2.45) is 5.92 Å². The van der Waals surface area contributed by atoms with E-state index in [0.717, 1.165) is 12.8 Å². The Kier molecular flexibility index (Phi) is 8.00. The van der Waals surface area contributed by atoms with Gasteiger partial charge in [-0.1, -0.05) is 29.3 Å². The molecule has 2 atom stereocenters. The number of hydrogen-bond acceptors (Lipinski definition) is 4. The van der Waals surface area contributed by atoms with Crippen LogP contribution >= 0.6 is 23.2 Å². The number of halogens is 2. The van der Waals surface area contributed by atoms with Crippen LogP contribution in [-0.4, -0.2) is 48.2 Å². The van der Waals surface area contributed by atoms with Gasteiger partial charge in [0, 0.05) is 19.6 Å². The number of likely N-dealkylation sites (tertiary alicyclic amines) is 1. The number of nitrogens with zero attached hydrogens (tertiary/aromatic N) is 1. The van der Waals surface area contributed by atoms with Gasteiger partial charge in [0.1, 0.15) is 0 Å². The average Bonchev–Trinajstić information content (AvgIpc) is 2.64. The fourth-order valence-electron chi connectivity index (χ4n) is 2.93. The molecule has 0 radical (unpaired) electrons. The van der Waals surface area contributed by atoms with Crippen LogP contribution in [0.1, 0.15) is 37.9 Å². The summed E-state index contributed by atoms with van der Waals surface area (Å²) in [5.41, 5.74) is 0.653. The molecule has 0 aromatic heterocycles. The number of ether oxygens (including phenoxy) is 1. The van der Waals surface area contributed by atoms with Crippen molar-refractivity contribution in [3.63, 3.8) is 0 Å². The van der Waals surface area contributed by atoms with Crippen LogP contribution in [0, 0.1) is 5.92 Å². The van der Waals surface area contributed by atoms with Crippen molar-refractivity contribution in [3.8, 4) is 0 Å². The molecule has 1 aliphatic rings. The fourth-order valence-corrected chi connectivity index (χ4v) is 3.24. The molecular formula is C18H24Cl2N2O4. The normalized spacial score (nSPS) is 18.3. The third kappa shape index (κ3) is 5.76. The van der Waals surface area contributed by atoms with Gasteiger partial charge < -0.3 is 20.1 Å². The monoisotopic (exact) mass is 402 g/mol. The van der Waals surface area contributed by atoms with Gasteiger partial charge in [0.05, 0.1) is 28.7 Å². The number of carbonyl (C=O) groups is 2. The zero-order valence-corrected chi connectivity index (χ0v) is 16.2. The van der Waals surface area contributed by atoms with Crippen LogP contribution in [0.3, 0.4) is 0 Å². The Labute approximate surface area is 163 Å². The molecule has 0 spiro atoms. The minimum atomic E-state index is -0.743. The lowest BCUT2D eigenvalue weighted by atomic mass is 9.97. The predicted molar refractivity (Wildman–Crippen MR) is 100 cm³/mol. The summed E-state index contributed by atoms with van der Waals surface area (Å²) in [6.07, 6.45) is 0.741. The van der Waals surface area contributed by atoms with Crippen LogP contribution < -0.4 is 5.32 Å². The molecule has 0 bridgehead atoms. The Morgan fingerprint density at radius 2 is 2.15 bits per heavy atom. The number of piperidine rings is 1. The Morgan fingerprint density at radius 3 is 2.85 bits per heavy atom. The lowest BCUT2D eigenvalue weighted by molar-refractivity contribution is -0.126. The van der Waals surface area contributed by atoms with E-state index in [1.807, 2.05) is 0 Å². The van der Waals surface area contributed by atoms with Gasteiger partial charge in [-0.05, 0) is 43.9 Å². The van der Waals surface area contributed by atoms with E-state index in [9.17, 15) is 14.7 Å². The highest BCUT2D eigenvalue weighted by Crippen LogP contribution is 2.26. The summed E-state index contributed by atoms with van der Waals surface area (Å²) in [7, 11) is 0. The Hall–Kier alpha value is -1.50. The Bertz CT molecular complexity index is 642. The molecule has 1 aliphatic heterocycles. The van der Waals surface area contributed by atoms with Crippen molar-refractivity contribution >= 4 is 35.2 Å². The van der Waals surface area contributed by atoms with Crippen molar-refractivity contribution < 1.29 is 19.4 Å². The van der Waals surface area contributed by atoms with Gasteiger partial charge >= 0.3 is 6.09 Å². The zero-order chi connectivity index (χ0) is 19.1. The first-order chi connectivity index (χ1) is 12.4. The number of benzene rings is 1. The highest BCUT2D eigenvalue weighted by molar-refractivity contribution is 6.42. The Balaban J connectivity index is 1.78. The van der Waals surface area contributed by atoms with E-state index in [-0.39, 0.29) is 17.9 Å². The standard InChI is InChI=1S/C18H24Cl2N2O4/c1-2-26-18(25)22-9-3-4-13(11-22)17(24)21-8-7-16(23)12-5-6-14(19)15(20)10-12/h5-6,10,13,16,23H,2-4,7-9,11H2,1H3,(H,21,24). The molecule has 2 unspecified atom stereocenters. The van der Waals surface area contributed by atoms with Crippen molar-refractivity contribution in [3.05, 3.63) is 33.8 Å². The number of nitrogens with one attached hydrogen (secondary N) is 1. The molecule has 1 heterocycles. The predicted octanol–water partition coefficient (Wildman–Crippen LogP) is 3.40. The minimum Gasteiger partial charge on any atom is -0.450 e. The second kappa shape index (κ2) is 10.00. The van der Waals surface area contributed by atoms with Gasteiger partial charge in [-0.3, -0.25) is 4.79 Å². The quantitative estimate of drug-likeness (QED) is 0.763. The third-order valence-electron chi connectivity index (χ3n) is 4.36. The van der Waals surface area contributed by atoms with Gasteiger partial charge in [-0.15, -0.1) is 0 Å². The molecule has 1 saturated heterocycles. The van der Waals surface area contributed by atoms with Crippen LogP contribution in [0.4, 0.5) is 4.79 Å². The largest absolute Gasteiger partial charge is 0.450 e. The first kappa shape index (κ1) is 20.8. The van der Waals surface area contributed by atoms with Crippen molar-refractivity contribution in [1.82, 2.24) is 10.2 Å². The maximum atomic E-state index is 12.3. The van der Waals surface area contributed by atoms with E-state index in [1.165, 1.54) is 0 Å². The van der Waals surface area contributed by atoms with E-state index in [0.29, 0.717) is 48.3 Å². The number of hydrogen-bond donors (Lipinski definition) is 2.